The quantitative estimate of drug-likeness (QED) is 0.648. The zero-order chi connectivity index (χ0) is 9.47. The van der Waals surface area contributed by atoms with Gasteiger partial charge in [0.05, 0.1) is 5.56 Å². The van der Waals surface area contributed by atoms with E-state index in [9.17, 15) is 5.11 Å². The maximum Gasteiger partial charge on any atom is 0.264 e. The van der Waals surface area contributed by atoms with E-state index in [1.165, 1.54) is 0 Å². The number of aromatic hydroxyl groups is 1. The van der Waals surface area contributed by atoms with Crippen LogP contribution in [0.5, 0.6) is 5.75 Å². The van der Waals surface area contributed by atoms with Gasteiger partial charge in [0, 0.05) is 12.3 Å². The fraction of sp³-hybridized carbons (Fsp3) is 0.364. The molecule has 0 bridgehead atoms. The van der Waals surface area contributed by atoms with Crippen molar-refractivity contribution in [2.24, 2.45) is 5.92 Å². The van der Waals surface area contributed by atoms with Crippen molar-refractivity contribution in [1.82, 2.24) is 0 Å². The molecule has 0 aliphatic heterocycles. The van der Waals surface area contributed by atoms with E-state index in [4.69, 9.17) is 6.57 Å². The summed E-state index contributed by atoms with van der Waals surface area (Å²) in [5, 5.41) is 9.59. The Morgan fingerprint density at radius 1 is 1.54 bits per heavy atom. The standard InChI is InChI=1S/C11H11NO/c1-8-7-11(8,12-2)9-5-3-4-6-10(9)13/h3-6,8,13H,7H2,1H3. The van der Waals surface area contributed by atoms with Crippen LogP contribution in [0.1, 0.15) is 18.9 Å². The Bertz CT molecular complexity index is 380. The van der Waals surface area contributed by atoms with E-state index < -0.39 is 5.54 Å². The molecule has 2 unspecified atom stereocenters. The maximum absolute atomic E-state index is 9.59. The highest BCUT2D eigenvalue weighted by Crippen LogP contribution is 2.57. The van der Waals surface area contributed by atoms with Crippen molar-refractivity contribution in [3.63, 3.8) is 0 Å². The predicted octanol–water partition coefficient (Wildman–Crippen LogP) is 2.55. The summed E-state index contributed by atoms with van der Waals surface area (Å²) in [5.41, 5.74) is 0.364. The van der Waals surface area contributed by atoms with Crippen molar-refractivity contribution >= 4 is 0 Å². The SMILES string of the molecule is [C-]#[N+]C1(c2ccccc2O)CC1C. The van der Waals surface area contributed by atoms with Gasteiger partial charge in [-0.3, -0.25) is 0 Å². The van der Waals surface area contributed by atoms with Crippen LogP contribution in [0.25, 0.3) is 4.85 Å². The molecule has 1 aliphatic carbocycles. The van der Waals surface area contributed by atoms with E-state index in [2.05, 4.69) is 4.85 Å². The Labute approximate surface area is 77.6 Å². The first kappa shape index (κ1) is 8.12. The first-order valence-electron chi connectivity index (χ1n) is 4.38. The fourth-order valence-corrected chi connectivity index (χ4v) is 1.84. The van der Waals surface area contributed by atoms with Gasteiger partial charge in [-0.05, 0) is 12.1 Å². The van der Waals surface area contributed by atoms with Gasteiger partial charge >= 0.3 is 0 Å². The van der Waals surface area contributed by atoms with Crippen molar-refractivity contribution in [3.05, 3.63) is 41.2 Å². The molecule has 1 saturated carbocycles. The third kappa shape index (κ3) is 1.01. The van der Waals surface area contributed by atoms with Crippen LogP contribution in [0, 0.1) is 12.5 Å². The number of hydrogen-bond acceptors (Lipinski definition) is 1. The zero-order valence-electron chi connectivity index (χ0n) is 7.49. The van der Waals surface area contributed by atoms with Gasteiger partial charge in [0.15, 0.2) is 0 Å². The van der Waals surface area contributed by atoms with Crippen LogP contribution >= 0.6 is 0 Å². The van der Waals surface area contributed by atoms with Gasteiger partial charge in [-0.15, -0.1) is 0 Å². The molecular formula is C11H11NO. The van der Waals surface area contributed by atoms with E-state index in [1.807, 2.05) is 19.1 Å². The fourth-order valence-electron chi connectivity index (χ4n) is 1.84. The maximum atomic E-state index is 9.59. The Morgan fingerprint density at radius 3 is 2.62 bits per heavy atom. The molecular weight excluding hydrogens is 162 g/mol. The predicted molar refractivity (Wildman–Crippen MR) is 50.2 cm³/mol. The van der Waals surface area contributed by atoms with Crippen LogP contribution in [-0.2, 0) is 5.54 Å². The van der Waals surface area contributed by atoms with Crippen molar-refractivity contribution in [3.8, 4) is 5.75 Å². The third-order valence-electron chi connectivity index (χ3n) is 2.84. The summed E-state index contributed by atoms with van der Waals surface area (Å²) in [5.74, 6) is 0.626. The van der Waals surface area contributed by atoms with E-state index in [0.717, 1.165) is 12.0 Å². The molecule has 66 valence electrons. The molecule has 1 aromatic carbocycles. The zero-order valence-corrected chi connectivity index (χ0v) is 7.49. The Morgan fingerprint density at radius 2 is 2.15 bits per heavy atom. The van der Waals surface area contributed by atoms with Crippen LogP contribution in [-0.4, -0.2) is 5.11 Å². The second-order valence-corrected chi connectivity index (χ2v) is 3.66. The number of phenols is 1. The summed E-state index contributed by atoms with van der Waals surface area (Å²) in [6.45, 7) is 9.19. The van der Waals surface area contributed by atoms with Crippen LogP contribution in [0.4, 0.5) is 0 Å². The molecule has 0 aromatic heterocycles. The van der Waals surface area contributed by atoms with Crippen molar-refractivity contribution in [1.29, 1.82) is 0 Å². The first-order chi connectivity index (χ1) is 6.20. The molecule has 1 N–H and O–H groups in total. The monoisotopic (exact) mass is 173 g/mol. The van der Waals surface area contributed by atoms with Crippen molar-refractivity contribution < 1.29 is 5.11 Å². The molecule has 0 amide bonds. The van der Waals surface area contributed by atoms with Crippen LogP contribution < -0.4 is 0 Å². The molecule has 2 atom stereocenters. The second-order valence-electron chi connectivity index (χ2n) is 3.66. The summed E-state index contributed by atoms with van der Waals surface area (Å²) >= 11 is 0. The summed E-state index contributed by atoms with van der Waals surface area (Å²) in [4.78, 5) is 3.63. The molecule has 0 spiro atoms. The van der Waals surface area contributed by atoms with E-state index in [0.29, 0.717) is 5.92 Å². The topological polar surface area (TPSA) is 24.6 Å². The number of para-hydroxylation sites is 1. The molecule has 1 aromatic rings. The second kappa shape index (κ2) is 2.50. The highest BCUT2D eigenvalue weighted by Gasteiger charge is 2.62. The van der Waals surface area contributed by atoms with Crippen molar-refractivity contribution in [2.45, 2.75) is 18.9 Å². The van der Waals surface area contributed by atoms with E-state index in [-0.39, 0.29) is 5.75 Å². The third-order valence-corrected chi connectivity index (χ3v) is 2.84. The summed E-state index contributed by atoms with van der Waals surface area (Å²) in [6.07, 6.45) is 0.869. The van der Waals surface area contributed by atoms with Gasteiger partial charge in [-0.2, -0.15) is 0 Å². The molecule has 0 radical (unpaired) electrons. The average Bonchev–Trinajstić information content (AvgIpc) is 2.79. The Hall–Kier alpha value is -1.49. The van der Waals surface area contributed by atoms with Gasteiger partial charge in [0.1, 0.15) is 5.75 Å². The minimum absolute atomic E-state index is 0.253. The molecule has 13 heavy (non-hydrogen) atoms. The lowest BCUT2D eigenvalue weighted by molar-refractivity contribution is 0.462. The summed E-state index contributed by atoms with van der Waals surface area (Å²) in [7, 11) is 0. The minimum atomic E-state index is -0.425. The number of benzene rings is 1. The van der Waals surface area contributed by atoms with Crippen molar-refractivity contribution in [2.75, 3.05) is 0 Å². The summed E-state index contributed by atoms with van der Waals surface area (Å²) < 4.78 is 0. The number of phenolic OH excluding ortho intramolecular Hbond substituents is 1. The normalized spacial score (nSPS) is 30.9. The first-order valence-corrected chi connectivity index (χ1v) is 4.38. The Kier molecular flexibility index (Phi) is 1.56. The number of nitrogens with zero attached hydrogens (tertiary/aromatic N) is 1. The lowest BCUT2D eigenvalue weighted by Crippen LogP contribution is -2.02. The Balaban J connectivity index is 2.48. The molecule has 0 saturated heterocycles. The average molecular weight is 173 g/mol. The molecule has 1 aliphatic rings. The van der Waals surface area contributed by atoms with E-state index >= 15 is 0 Å². The molecule has 2 rings (SSSR count). The van der Waals surface area contributed by atoms with Gasteiger partial charge in [-0.1, -0.05) is 19.1 Å². The van der Waals surface area contributed by atoms with Gasteiger partial charge < -0.3 is 9.95 Å². The van der Waals surface area contributed by atoms with Gasteiger partial charge in [0.25, 0.3) is 5.54 Å². The van der Waals surface area contributed by atoms with Gasteiger partial charge in [-0.25, -0.2) is 6.57 Å². The molecule has 2 heteroatoms. The molecule has 2 nitrogen and oxygen atoms in total. The lowest BCUT2D eigenvalue weighted by Gasteiger charge is -2.05. The minimum Gasteiger partial charge on any atom is -0.507 e. The smallest absolute Gasteiger partial charge is 0.264 e. The van der Waals surface area contributed by atoms with Crippen LogP contribution in [0.15, 0.2) is 24.3 Å². The number of rotatable bonds is 1. The lowest BCUT2D eigenvalue weighted by atomic mass is 10.0. The molecule has 0 heterocycles. The summed E-state index contributed by atoms with van der Waals surface area (Å²) in [6, 6.07) is 7.14. The molecule has 1 fully saturated rings. The highest BCUT2D eigenvalue weighted by molar-refractivity contribution is 5.45. The largest absolute Gasteiger partial charge is 0.507 e. The van der Waals surface area contributed by atoms with Crippen LogP contribution in [0.3, 0.4) is 0 Å². The van der Waals surface area contributed by atoms with E-state index in [1.54, 1.807) is 12.1 Å². The van der Waals surface area contributed by atoms with Gasteiger partial charge in [0.2, 0.25) is 0 Å². The number of hydrogen-bond donors (Lipinski definition) is 1. The van der Waals surface area contributed by atoms with Crippen LogP contribution in [0.2, 0.25) is 0 Å². The highest BCUT2D eigenvalue weighted by atomic mass is 16.3.